The van der Waals surface area contributed by atoms with Gasteiger partial charge in [-0.1, -0.05) is 13.3 Å². The van der Waals surface area contributed by atoms with Crippen molar-refractivity contribution in [3.63, 3.8) is 0 Å². The van der Waals surface area contributed by atoms with E-state index < -0.39 is 0 Å². The lowest BCUT2D eigenvalue weighted by Crippen LogP contribution is -2.37. The number of hydrogen-bond donors (Lipinski definition) is 1. The van der Waals surface area contributed by atoms with Crippen LogP contribution in [0.15, 0.2) is 11.1 Å². The predicted octanol–water partition coefficient (Wildman–Crippen LogP) is 2.64. The molecule has 0 aliphatic heterocycles. The average Bonchev–Trinajstić information content (AvgIpc) is 2.89. The third kappa shape index (κ3) is 3.32. The summed E-state index contributed by atoms with van der Waals surface area (Å²) in [4.78, 5) is 31.4. The molecule has 1 aliphatic carbocycles. The summed E-state index contributed by atoms with van der Waals surface area (Å²) in [6, 6.07) is 0.133. The second kappa shape index (κ2) is 6.83. The van der Waals surface area contributed by atoms with Crippen LogP contribution in [0, 0.1) is 0 Å². The van der Waals surface area contributed by atoms with E-state index >= 15 is 0 Å². The van der Waals surface area contributed by atoms with E-state index in [1.807, 2.05) is 6.92 Å². The average molecular weight is 333 g/mol. The van der Waals surface area contributed by atoms with Gasteiger partial charge in [-0.05, 0) is 44.6 Å². The van der Waals surface area contributed by atoms with Crippen molar-refractivity contribution in [2.75, 3.05) is 0 Å². The van der Waals surface area contributed by atoms with Crippen molar-refractivity contribution in [3.05, 3.63) is 27.1 Å². The third-order valence-electron chi connectivity index (χ3n) is 4.38. The fraction of sp³-hybridized carbons (Fsp3) is 0.588. The molecule has 23 heavy (non-hydrogen) atoms. The highest BCUT2D eigenvalue weighted by Crippen LogP contribution is 2.33. The van der Waals surface area contributed by atoms with Gasteiger partial charge in [0.1, 0.15) is 11.4 Å². The fourth-order valence-electron chi connectivity index (χ4n) is 3.27. The molecule has 1 atom stereocenters. The number of carbonyl (C=O) groups excluding carboxylic acids is 1. The number of aromatic nitrogens is 2. The number of hydrogen-bond acceptors (Lipinski definition) is 4. The van der Waals surface area contributed by atoms with Gasteiger partial charge < -0.3 is 5.32 Å². The first kappa shape index (κ1) is 16.2. The second-order valence-electron chi connectivity index (χ2n) is 6.33. The molecule has 0 aromatic carbocycles. The van der Waals surface area contributed by atoms with Gasteiger partial charge >= 0.3 is 0 Å². The minimum Gasteiger partial charge on any atom is -0.352 e. The number of fused-ring (bicyclic) bond motifs is 3. The van der Waals surface area contributed by atoms with Crippen LogP contribution >= 0.6 is 11.3 Å². The molecule has 5 nitrogen and oxygen atoms in total. The van der Waals surface area contributed by atoms with Gasteiger partial charge in [-0.3, -0.25) is 14.2 Å². The number of nitrogens with zero attached hydrogens (tertiary/aromatic N) is 2. The molecule has 1 unspecified atom stereocenters. The van der Waals surface area contributed by atoms with E-state index in [1.54, 1.807) is 11.3 Å². The number of aryl methyl sites for hydroxylation is 2. The Kier molecular flexibility index (Phi) is 4.80. The van der Waals surface area contributed by atoms with Crippen LogP contribution in [-0.4, -0.2) is 21.5 Å². The second-order valence-corrected chi connectivity index (χ2v) is 7.41. The number of rotatable bonds is 5. The molecule has 1 aliphatic rings. The molecule has 0 radical (unpaired) electrons. The smallest absolute Gasteiger partial charge is 0.262 e. The molecule has 1 N–H and O–H groups in total. The molecule has 2 aromatic rings. The molecule has 6 heteroatoms. The minimum atomic E-state index is -0.127. The Morgan fingerprint density at radius 3 is 3.00 bits per heavy atom. The zero-order valence-corrected chi connectivity index (χ0v) is 14.5. The number of carbonyl (C=O) groups is 1. The first-order valence-corrected chi connectivity index (χ1v) is 9.20. The van der Waals surface area contributed by atoms with Crippen molar-refractivity contribution in [2.45, 2.75) is 65.0 Å². The Morgan fingerprint density at radius 2 is 2.22 bits per heavy atom. The van der Waals surface area contributed by atoms with Crippen LogP contribution in [0.3, 0.4) is 0 Å². The van der Waals surface area contributed by atoms with Crippen LogP contribution in [-0.2, 0) is 24.2 Å². The number of nitrogens with one attached hydrogen (secondary N) is 1. The van der Waals surface area contributed by atoms with Gasteiger partial charge in [-0.15, -0.1) is 11.3 Å². The number of thiophene rings is 1. The van der Waals surface area contributed by atoms with Crippen molar-refractivity contribution in [1.29, 1.82) is 0 Å². The van der Waals surface area contributed by atoms with Crippen LogP contribution < -0.4 is 10.9 Å². The summed E-state index contributed by atoms with van der Waals surface area (Å²) < 4.78 is 1.44. The molecule has 3 rings (SSSR count). The van der Waals surface area contributed by atoms with E-state index in [0.717, 1.165) is 42.3 Å². The lowest BCUT2D eigenvalue weighted by atomic mass is 9.97. The Morgan fingerprint density at radius 1 is 1.43 bits per heavy atom. The number of amides is 1. The van der Waals surface area contributed by atoms with Crippen LogP contribution in [0.4, 0.5) is 0 Å². The summed E-state index contributed by atoms with van der Waals surface area (Å²) in [6.45, 7) is 4.12. The lowest BCUT2D eigenvalue weighted by Gasteiger charge is -2.13. The molecule has 2 aromatic heterocycles. The zero-order chi connectivity index (χ0) is 16.4. The van der Waals surface area contributed by atoms with Crippen molar-refractivity contribution in [1.82, 2.24) is 14.9 Å². The third-order valence-corrected chi connectivity index (χ3v) is 5.58. The summed E-state index contributed by atoms with van der Waals surface area (Å²) >= 11 is 1.63. The van der Waals surface area contributed by atoms with Crippen LogP contribution in [0.1, 0.15) is 50.0 Å². The highest BCUT2D eigenvalue weighted by atomic mass is 32.1. The van der Waals surface area contributed by atoms with Crippen molar-refractivity contribution >= 4 is 27.5 Å². The van der Waals surface area contributed by atoms with Crippen LogP contribution in [0.5, 0.6) is 0 Å². The maximum Gasteiger partial charge on any atom is 0.262 e. The predicted molar refractivity (Wildman–Crippen MR) is 93.0 cm³/mol. The van der Waals surface area contributed by atoms with E-state index in [-0.39, 0.29) is 24.1 Å². The summed E-state index contributed by atoms with van der Waals surface area (Å²) in [6.07, 6.45) is 7.79. The van der Waals surface area contributed by atoms with Crippen molar-refractivity contribution in [3.8, 4) is 0 Å². The quantitative estimate of drug-likeness (QED) is 0.915. The van der Waals surface area contributed by atoms with E-state index in [1.165, 1.54) is 27.8 Å². The highest BCUT2D eigenvalue weighted by Gasteiger charge is 2.20. The molecule has 124 valence electrons. The maximum absolute atomic E-state index is 12.8. The Labute approximate surface area is 139 Å². The summed E-state index contributed by atoms with van der Waals surface area (Å²) in [5, 5.41) is 3.67. The first-order chi connectivity index (χ1) is 11.1. The summed E-state index contributed by atoms with van der Waals surface area (Å²) in [5.41, 5.74) is 1.09. The molecule has 2 heterocycles. The lowest BCUT2D eigenvalue weighted by molar-refractivity contribution is -0.122. The van der Waals surface area contributed by atoms with Gasteiger partial charge in [-0.2, -0.15) is 0 Å². The molecule has 0 bridgehead atoms. The largest absolute Gasteiger partial charge is 0.352 e. The minimum absolute atomic E-state index is 0.0421. The molecule has 0 saturated heterocycles. The van der Waals surface area contributed by atoms with Gasteiger partial charge in [0.2, 0.25) is 5.91 Å². The fourth-order valence-corrected chi connectivity index (χ4v) is 4.49. The SMILES string of the molecule is CCCC(C)NC(=O)Cn1cnc2sc3c(c2c1=O)CCCC3. The van der Waals surface area contributed by atoms with E-state index in [2.05, 4.69) is 17.2 Å². The topological polar surface area (TPSA) is 64.0 Å². The van der Waals surface area contributed by atoms with E-state index in [9.17, 15) is 9.59 Å². The normalized spacial score (nSPS) is 15.4. The molecule has 0 saturated carbocycles. The summed E-state index contributed by atoms with van der Waals surface area (Å²) in [5.74, 6) is -0.127. The van der Waals surface area contributed by atoms with Crippen molar-refractivity contribution in [2.24, 2.45) is 0 Å². The zero-order valence-electron chi connectivity index (χ0n) is 13.7. The van der Waals surface area contributed by atoms with Gasteiger partial charge in [0.05, 0.1) is 11.7 Å². The van der Waals surface area contributed by atoms with E-state index in [4.69, 9.17) is 0 Å². The van der Waals surface area contributed by atoms with E-state index in [0.29, 0.717) is 0 Å². The maximum atomic E-state index is 12.8. The molecular formula is C17H23N3O2S. The Bertz CT molecular complexity index is 778. The Hall–Kier alpha value is -1.69. The van der Waals surface area contributed by atoms with Crippen molar-refractivity contribution < 1.29 is 4.79 Å². The van der Waals surface area contributed by atoms with Gasteiger partial charge in [-0.25, -0.2) is 4.98 Å². The highest BCUT2D eigenvalue weighted by molar-refractivity contribution is 7.18. The molecule has 0 spiro atoms. The van der Waals surface area contributed by atoms with Gasteiger partial charge in [0, 0.05) is 10.9 Å². The molecular weight excluding hydrogens is 310 g/mol. The standard InChI is InChI=1S/C17H23N3O2S/c1-3-6-11(2)19-14(21)9-20-10-18-16-15(17(20)22)12-7-4-5-8-13(12)23-16/h10-11H,3-9H2,1-2H3,(H,19,21). The first-order valence-electron chi connectivity index (χ1n) is 8.39. The summed E-state index contributed by atoms with van der Waals surface area (Å²) in [7, 11) is 0. The Balaban J connectivity index is 1.86. The monoisotopic (exact) mass is 333 g/mol. The van der Waals surface area contributed by atoms with Gasteiger partial charge in [0.15, 0.2) is 0 Å². The van der Waals surface area contributed by atoms with Crippen LogP contribution in [0.2, 0.25) is 0 Å². The van der Waals surface area contributed by atoms with Gasteiger partial charge in [0.25, 0.3) is 5.56 Å². The molecule has 1 amide bonds. The molecule has 0 fully saturated rings. The van der Waals surface area contributed by atoms with Crippen LogP contribution in [0.25, 0.3) is 10.2 Å².